The van der Waals surface area contributed by atoms with Crippen molar-refractivity contribution in [3.05, 3.63) is 60.1 Å². The van der Waals surface area contributed by atoms with E-state index in [0.29, 0.717) is 13.0 Å². The number of aliphatic hydroxyl groups excluding tert-OH is 1. The van der Waals surface area contributed by atoms with Crippen LogP contribution >= 0.6 is 0 Å². The average molecular weight is 328 g/mol. The summed E-state index contributed by atoms with van der Waals surface area (Å²) >= 11 is 0. The number of likely N-dealkylation sites (tertiary alicyclic amines) is 1. The molecule has 126 valence electrons. The summed E-state index contributed by atoms with van der Waals surface area (Å²) in [5.74, 6) is -0.301. The van der Waals surface area contributed by atoms with E-state index in [1.807, 2.05) is 30.3 Å². The zero-order valence-electron chi connectivity index (χ0n) is 13.2. The molecule has 0 spiro atoms. The maximum atomic E-state index is 12.6. The molecule has 1 unspecified atom stereocenters. The summed E-state index contributed by atoms with van der Waals surface area (Å²) < 4.78 is 5.14. The van der Waals surface area contributed by atoms with Crippen molar-refractivity contribution in [1.29, 1.82) is 0 Å². The molecule has 2 amide bonds. The van der Waals surface area contributed by atoms with E-state index in [-0.39, 0.29) is 24.2 Å². The first-order chi connectivity index (χ1) is 11.7. The third-order valence-corrected chi connectivity index (χ3v) is 4.25. The molecule has 1 aliphatic rings. The number of hydrogen-bond donors (Lipinski definition) is 2. The Balaban J connectivity index is 1.70. The van der Waals surface area contributed by atoms with E-state index >= 15 is 0 Å². The predicted octanol–water partition coefficient (Wildman–Crippen LogP) is 1.73. The van der Waals surface area contributed by atoms with Gasteiger partial charge in [0, 0.05) is 6.54 Å². The van der Waals surface area contributed by atoms with E-state index in [1.165, 1.54) is 11.2 Å². The van der Waals surface area contributed by atoms with Gasteiger partial charge in [-0.1, -0.05) is 30.3 Å². The number of benzene rings is 1. The molecule has 1 aromatic heterocycles. The fourth-order valence-electron chi connectivity index (χ4n) is 3.01. The van der Waals surface area contributed by atoms with Crippen LogP contribution in [0.4, 0.5) is 0 Å². The molecule has 0 aliphatic carbocycles. The summed E-state index contributed by atoms with van der Waals surface area (Å²) in [6.07, 6.45) is 2.81. The van der Waals surface area contributed by atoms with E-state index in [9.17, 15) is 14.7 Å². The zero-order chi connectivity index (χ0) is 16.9. The lowest BCUT2D eigenvalue weighted by molar-refractivity contribution is -0.126. The second-order valence-electron chi connectivity index (χ2n) is 5.79. The van der Waals surface area contributed by atoms with Crippen LogP contribution in [-0.2, 0) is 4.79 Å². The van der Waals surface area contributed by atoms with Gasteiger partial charge in [0.25, 0.3) is 5.91 Å². The molecule has 2 N–H and O–H groups in total. The second kappa shape index (κ2) is 7.31. The highest BCUT2D eigenvalue weighted by atomic mass is 16.3. The molecule has 3 rings (SSSR count). The molecule has 2 atom stereocenters. The van der Waals surface area contributed by atoms with Crippen LogP contribution in [0.1, 0.15) is 35.0 Å². The van der Waals surface area contributed by atoms with Crippen LogP contribution in [-0.4, -0.2) is 41.0 Å². The minimum atomic E-state index is -0.541. The van der Waals surface area contributed by atoms with Gasteiger partial charge in [-0.15, -0.1) is 0 Å². The molecule has 0 radical (unpaired) electrons. The van der Waals surface area contributed by atoms with Crippen molar-refractivity contribution >= 4 is 11.8 Å². The first-order valence-corrected chi connectivity index (χ1v) is 8.01. The second-order valence-corrected chi connectivity index (χ2v) is 5.79. The third-order valence-electron chi connectivity index (χ3n) is 4.25. The van der Waals surface area contributed by atoms with Crippen molar-refractivity contribution in [2.24, 2.45) is 0 Å². The lowest BCUT2D eigenvalue weighted by Gasteiger charge is -2.25. The van der Waals surface area contributed by atoms with Crippen molar-refractivity contribution in [3.63, 3.8) is 0 Å². The maximum absolute atomic E-state index is 12.6. The molecule has 2 aromatic rings. The third kappa shape index (κ3) is 3.33. The quantitative estimate of drug-likeness (QED) is 0.876. The smallest absolute Gasteiger partial charge is 0.290 e. The molecular formula is C18H20N2O4. The van der Waals surface area contributed by atoms with Gasteiger partial charge < -0.3 is 19.7 Å². The average Bonchev–Trinajstić information content (AvgIpc) is 3.31. The molecule has 1 aromatic carbocycles. The van der Waals surface area contributed by atoms with Crippen LogP contribution in [0.15, 0.2) is 53.1 Å². The number of furan rings is 1. The molecule has 0 bridgehead atoms. The molecule has 0 saturated carbocycles. The Bertz CT molecular complexity index is 684. The summed E-state index contributed by atoms with van der Waals surface area (Å²) in [6, 6.07) is 11.5. The highest BCUT2D eigenvalue weighted by Crippen LogP contribution is 2.22. The summed E-state index contributed by atoms with van der Waals surface area (Å²) in [6.45, 7) is 0.321. The van der Waals surface area contributed by atoms with Crippen molar-refractivity contribution < 1.29 is 19.1 Å². The molecule has 6 nitrogen and oxygen atoms in total. The minimum absolute atomic E-state index is 0.200. The Morgan fingerprint density at radius 1 is 1.25 bits per heavy atom. The van der Waals surface area contributed by atoms with Crippen LogP contribution in [0.5, 0.6) is 0 Å². The van der Waals surface area contributed by atoms with Gasteiger partial charge in [0.05, 0.1) is 18.9 Å². The molecule has 6 heteroatoms. The normalized spacial score (nSPS) is 18.4. The first-order valence-electron chi connectivity index (χ1n) is 8.01. The first kappa shape index (κ1) is 16.3. The molecule has 1 saturated heterocycles. The largest absolute Gasteiger partial charge is 0.459 e. The number of aliphatic hydroxyl groups is 1. The van der Waals surface area contributed by atoms with Crippen molar-refractivity contribution in [2.75, 3.05) is 13.2 Å². The Kier molecular flexibility index (Phi) is 4.96. The van der Waals surface area contributed by atoms with Crippen molar-refractivity contribution in [3.8, 4) is 0 Å². The van der Waals surface area contributed by atoms with E-state index in [2.05, 4.69) is 5.32 Å². The Morgan fingerprint density at radius 3 is 2.71 bits per heavy atom. The van der Waals surface area contributed by atoms with Gasteiger partial charge >= 0.3 is 0 Å². The molecule has 1 aliphatic heterocycles. The number of carbonyl (C=O) groups is 2. The highest BCUT2D eigenvalue weighted by Gasteiger charge is 2.36. The van der Waals surface area contributed by atoms with E-state index in [0.717, 1.165) is 12.0 Å². The topological polar surface area (TPSA) is 82.8 Å². The molecule has 2 heterocycles. The lowest BCUT2D eigenvalue weighted by Crippen LogP contribution is -2.47. The van der Waals surface area contributed by atoms with Gasteiger partial charge in [-0.3, -0.25) is 9.59 Å². The Labute approximate surface area is 140 Å². The zero-order valence-corrected chi connectivity index (χ0v) is 13.2. The van der Waals surface area contributed by atoms with Gasteiger partial charge in [0.2, 0.25) is 5.91 Å². The van der Waals surface area contributed by atoms with Crippen LogP contribution < -0.4 is 5.32 Å². The number of hydrogen-bond acceptors (Lipinski definition) is 4. The monoisotopic (exact) mass is 328 g/mol. The van der Waals surface area contributed by atoms with Gasteiger partial charge in [0.1, 0.15) is 6.04 Å². The fraction of sp³-hybridized carbons (Fsp3) is 0.333. The van der Waals surface area contributed by atoms with E-state index in [1.54, 1.807) is 12.1 Å². The number of rotatable bonds is 5. The number of nitrogens with one attached hydrogen (secondary N) is 1. The maximum Gasteiger partial charge on any atom is 0.290 e. The summed E-state index contributed by atoms with van der Waals surface area (Å²) in [5, 5.41) is 12.4. The standard InChI is InChI=1S/C18H20N2O4/c21-12-14(13-6-2-1-3-7-13)19-17(22)15-8-4-10-20(15)18(23)16-9-5-11-24-16/h1-3,5-7,9,11,14-15,21H,4,8,10,12H2,(H,19,22)/t14-,15?/m1/s1. The van der Waals surface area contributed by atoms with Gasteiger partial charge in [-0.2, -0.15) is 0 Å². The van der Waals surface area contributed by atoms with Gasteiger partial charge in [-0.05, 0) is 30.5 Å². The van der Waals surface area contributed by atoms with E-state index < -0.39 is 12.1 Å². The van der Waals surface area contributed by atoms with Gasteiger partial charge in [-0.25, -0.2) is 0 Å². The number of nitrogens with zero attached hydrogens (tertiary/aromatic N) is 1. The number of carbonyl (C=O) groups excluding carboxylic acids is 2. The van der Waals surface area contributed by atoms with E-state index in [4.69, 9.17) is 4.42 Å². The highest BCUT2D eigenvalue weighted by molar-refractivity contribution is 5.96. The lowest BCUT2D eigenvalue weighted by atomic mass is 10.1. The fourth-order valence-corrected chi connectivity index (χ4v) is 3.01. The molecule has 1 fully saturated rings. The van der Waals surface area contributed by atoms with Crippen molar-refractivity contribution in [2.45, 2.75) is 24.9 Å². The minimum Gasteiger partial charge on any atom is -0.459 e. The Morgan fingerprint density at radius 2 is 2.04 bits per heavy atom. The van der Waals surface area contributed by atoms with Gasteiger partial charge in [0.15, 0.2) is 5.76 Å². The SMILES string of the molecule is O=C(N[C@H](CO)c1ccccc1)C1CCCN1C(=O)c1ccco1. The van der Waals surface area contributed by atoms with Crippen LogP contribution in [0.3, 0.4) is 0 Å². The molecular weight excluding hydrogens is 308 g/mol. The summed E-state index contributed by atoms with van der Waals surface area (Å²) in [7, 11) is 0. The van der Waals surface area contributed by atoms with Crippen LogP contribution in [0.2, 0.25) is 0 Å². The van der Waals surface area contributed by atoms with Crippen molar-refractivity contribution in [1.82, 2.24) is 10.2 Å². The summed E-state index contributed by atoms with van der Waals surface area (Å²) in [4.78, 5) is 26.6. The number of amides is 2. The molecule has 24 heavy (non-hydrogen) atoms. The summed E-state index contributed by atoms with van der Waals surface area (Å²) in [5.41, 5.74) is 0.829. The van der Waals surface area contributed by atoms with Crippen LogP contribution in [0.25, 0.3) is 0 Å². The van der Waals surface area contributed by atoms with Crippen LogP contribution in [0, 0.1) is 0 Å². The predicted molar refractivity (Wildman–Crippen MR) is 87.2 cm³/mol. The Hall–Kier alpha value is -2.60.